The van der Waals surface area contributed by atoms with Crippen molar-refractivity contribution in [2.45, 2.75) is 27.7 Å². The first-order valence-electron chi connectivity index (χ1n) is 8.57. The molecule has 0 aromatic heterocycles. The Kier molecular flexibility index (Phi) is 6.39. The van der Waals surface area contributed by atoms with Crippen molar-refractivity contribution in [2.24, 2.45) is 0 Å². The van der Waals surface area contributed by atoms with Gasteiger partial charge in [0.15, 0.2) is 6.61 Å². The minimum atomic E-state index is -0.250. The van der Waals surface area contributed by atoms with Crippen LogP contribution in [0.5, 0.6) is 5.75 Å². The third kappa shape index (κ3) is 5.34. The van der Waals surface area contributed by atoms with E-state index >= 15 is 0 Å². The Hall–Kier alpha value is -2.82. The molecule has 2 rings (SSSR count). The Bertz CT molecular complexity index is 795. The molecule has 5 heteroatoms. The lowest BCUT2D eigenvalue weighted by molar-refractivity contribution is -0.135. The molecule has 0 atom stereocenters. The Labute approximate surface area is 155 Å². The molecule has 1 N–H and O–H groups in total. The van der Waals surface area contributed by atoms with Gasteiger partial charge in [-0.25, -0.2) is 0 Å². The van der Waals surface area contributed by atoms with Crippen molar-refractivity contribution in [1.29, 1.82) is 0 Å². The average Bonchev–Trinajstić information content (AvgIpc) is 2.56. The topological polar surface area (TPSA) is 58.6 Å². The lowest BCUT2D eigenvalue weighted by Crippen LogP contribution is -2.37. The molecule has 0 aliphatic carbocycles. The maximum atomic E-state index is 12.2. The maximum absolute atomic E-state index is 12.2. The van der Waals surface area contributed by atoms with Gasteiger partial charge < -0.3 is 15.0 Å². The van der Waals surface area contributed by atoms with E-state index in [1.165, 1.54) is 4.90 Å². The summed E-state index contributed by atoms with van der Waals surface area (Å²) in [4.78, 5) is 25.8. The molecule has 0 bridgehead atoms. The number of amides is 2. The third-order valence-corrected chi connectivity index (χ3v) is 4.24. The largest absolute Gasteiger partial charge is 0.484 e. The highest BCUT2D eigenvalue weighted by molar-refractivity contribution is 5.95. The van der Waals surface area contributed by atoms with Gasteiger partial charge in [0.25, 0.3) is 5.91 Å². The van der Waals surface area contributed by atoms with E-state index in [0.717, 1.165) is 27.9 Å². The first-order chi connectivity index (χ1) is 12.3. The molecule has 0 saturated heterocycles. The number of hydrogen-bond acceptors (Lipinski definition) is 3. The molecular weight excluding hydrogens is 328 g/mol. The molecular formula is C21H26N2O3. The minimum absolute atomic E-state index is 0.0254. The van der Waals surface area contributed by atoms with E-state index in [1.807, 2.05) is 64.1 Å². The number of anilines is 1. The molecule has 2 amide bonds. The smallest absolute Gasteiger partial charge is 0.260 e. The SMILES string of the molecule is Cc1cc(C)cc(OCC(=O)N(C)CC(=O)Nc2cccc(C)c2C)c1. The Morgan fingerprint density at radius 3 is 2.35 bits per heavy atom. The second-order valence-electron chi connectivity index (χ2n) is 6.66. The number of benzene rings is 2. The van der Waals surface area contributed by atoms with Crippen LogP contribution in [0, 0.1) is 27.7 Å². The number of carbonyl (C=O) groups excluding carboxylic acids is 2. The van der Waals surface area contributed by atoms with E-state index in [1.54, 1.807) is 7.05 Å². The summed E-state index contributed by atoms with van der Waals surface area (Å²) in [6, 6.07) is 11.5. The Morgan fingerprint density at radius 2 is 1.69 bits per heavy atom. The predicted octanol–water partition coefficient (Wildman–Crippen LogP) is 3.40. The van der Waals surface area contributed by atoms with Gasteiger partial charge in [-0.2, -0.15) is 0 Å². The fourth-order valence-electron chi connectivity index (χ4n) is 2.65. The molecule has 0 spiro atoms. The van der Waals surface area contributed by atoms with Crippen molar-refractivity contribution < 1.29 is 14.3 Å². The van der Waals surface area contributed by atoms with Crippen LogP contribution in [0.1, 0.15) is 22.3 Å². The van der Waals surface area contributed by atoms with Crippen molar-refractivity contribution in [1.82, 2.24) is 4.90 Å². The van der Waals surface area contributed by atoms with Crippen molar-refractivity contribution >= 4 is 17.5 Å². The van der Waals surface area contributed by atoms with Gasteiger partial charge in [0.05, 0.1) is 6.54 Å². The van der Waals surface area contributed by atoms with Crippen LogP contribution in [0.2, 0.25) is 0 Å². The summed E-state index contributed by atoms with van der Waals surface area (Å²) < 4.78 is 5.56. The molecule has 0 fully saturated rings. The second kappa shape index (κ2) is 8.52. The van der Waals surface area contributed by atoms with E-state index in [-0.39, 0.29) is 25.0 Å². The second-order valence-corrected chi connectivity index (χ2v) is 6.66. The highest BCUT2D eigenvalue weighted by atomic mass is 16.5. The molecule has 26 heavy (non-hydrogen) atoms. The maximum Gasteiger partial charge on any atom is 0.260 e. The summed E-state index contributed by atoms with van der Waals surface area (Å²) >= 11 is 0. The zero-order valence-electron chi connectivity index (χ0n) is 16.1. The van der Waals surface area contributed by atoms with Gasteiger partial charge in [0.1, 0.15) is 5.75 Å². The fraction of sp³-hybridized carbons (Fsp3) is 0.333. The quantitative estimate of drug-likeness (QED) is 0.865. The lowest BCUT2D eigenvalue weighted by atomic mass is 10.1. The van der Waals surface area contributed by atoms with Crippen LogP contribution in [0.25, 0.3) is 0 Å². The van der Waals surface area contributed by atoms with Crippen LogP contribution in [0.3, 0.4) is 0 Å². The van der Waals surface area contributed by atoms with Gasteiger partial charge in [-0.3, -0.25) is 9.59 Å². The van der Waals surface area contributed by atoms with Crippen LogP contribution < -0.4 is 10.1 Å². The predicted molar refractivity (Wildman–Crippen MR) is 104 cm³/mol. The zero-order chi connectivity index (χ0) is 19.3. The highest BCUT2D eigenvalue weighted by Crippen LogP contribution is 2.18. The third-order valence-electron chi connectivity index (χ3n) is 4.24. The van der Waals surface area contributed by atoms with E-state index in [4.69, 9.17) is 4.74 Å². The van der Waals surface area contributed by atoms with Gasteiger partial charge in [0.2, 0.25) is 5.91 Å². The van der Waals surface area contributed by atoms with Crippen LogP contribution in [0.15, 0.2) is 36.4 Å². The molecule has 0 unspecified atom stereocenters. The monoisotopic (exact) mass is 354 g/mol. The average molecular weight is 354 g/mol. The van der Waals surface area contributed by atoms with Gasteiger partial charge in [-0.1, -0.05) is 18.2 Å². The number of likely N-dealkylation sites (N-methyl/N-ethyl adjacent to an activating group) is 1. The summed E-state index contributed by atoms with van der Waals surface area (Å²) in [5, 5.41) is 2.85. The van der Waals surface area contributed by atoms with Crippen molar-refractivity contribution in [3.63, 3.8) is 0 Å². The number of nitrogens with zero attached hydrogens (tertiary/aromatic N) is 1. The molecule has 0 heterocycles. The number of nitrogens with one attached hydrogen (secondary N) is 1. The van der Waals surface area contributed by atoms with Crippen molar-refractivity contribution in [3.05, 3.63) is 58.7 Å². The van der Waals surface area contributed by atoms with Crippen LogP contribution >= 0.6 is 0 Å². The van der Waals surface area contributed by atoms with Crippen molar-refractivity contribution in [2.75, 3.05) is 25.5 Å². The zero-order valence-corrected chi connectivity index (χ0v) is 16.1. The normalized spacial score (nSPS) is 10.3. The summed E-state index contributed by atoms with van der Waals surface area (Å²) in [6.07, 6.45) is 0. The Balaban J connectivity index is 1.87. The lowest BCUT2D eigenvalue weighted by Gasteiger charge is -2.18. The van der Waals surface area contributed by atoms with Crippen LogP contribution in [0.4, 0.5) is 5.69 Å². The molecule has 138 valence electrons. The highest BCUT2D eigenvalue weighted by Gasteiger charge is 2.14. The number of rotatable bonds is 6. The van der Waals surface area contributed by atoms with Crippen LogP contribution in [-0.2, 0) is 9.59 Å². The van der Waals surface area contributed by atoms with Gasteiger partial charge in [-0.15, -0.1) is 0 Å². The first kappa shape index (κ1) is 19.5. The minimum Gasteiger partial charge on any atom is -0.484 e. The van der Waals surface area contributed by atoms with Gasteiger partial charge in [-0.05, 0) is 68.1 Å². The van der Waals surface area contributed by atoms with Crippen LogP contribution in [-0.4, -0.2) is 36.9 Å². The van der Waals surface area contributed by atoms with E-state index in [9.17, 15) is 9.59 Å². The van der Waals surface area contributed by atoms with E-state index < -0.39 is 0 Å². The summed E-state index contributed by atoms with van der Waals surface area (Å²) in [6.45, 7) is 7.78. The Morgan fingerprint density at radius 1 is 1.04 bits per heavy atom. The fourth-order valence-corrected chi connectivity index (χ4v) is 2.65. The molecule has 0 radical (unpaired) electrons. The molecule has 5 nitrogen and oxygen atoms in total. The molecule has 0 aliphatic rings. The molecule has 2 aromatic rings. The summed E-state index contributed by atoms with van der Waals surface area (Å²) in [5.74, 6) is 0.172. The van der Waals surface area contributed by atoms with E-state index in [0.29, 0.717) is 5.75 Å². The molecule has 0 saturated carbocycles. The number of ether oxygens (including phenoxy) is 1. The van der Waals surface area contributed by atoms with Gasteiger partial charge in [0, 0.05) is 12.7 Å². The molecule has 2 aromatic carbocycles. The standard InChI is InChI=1S/C21H26N2O3/c1-14-9-15(2)11-18(10-14)26-13-21(25)23(5)12-20(24)22-19-8-6-7-16(3)17(19)4/h6-11H,12-13H2,1-5H3,(H,22,24). The molecule has 0 aliphatic heterocycles. The van der Waals surface area contributed by atoms with Crippen molar-refractivity contribution in [3.8, 4) is 5.75 Å². The van der Waals surface area contributed by atoms with Gasteiger partial charge >= 0.3 is 0 Å². The number of hydrogen-bond donors (Lipinski definition) is 1. The number of aryl methyl sites for hydroxylation is 3. The first-order valence-corrected chi connectivity index (χ1v) is 8.57. The summed E-state index contributed by atoms with van der Waals surface area (Å²) in [7, 11) is 1.59. The number of carbonyl (C=O) groups is 2. The summed E-state index contributed by atoms with van der Waals surface area (Å²) in [5.41, 5.74) is 5.05. The van der Waals surface area contributed by atoms with E-state index in [2.05, 4.69) is 5.32 Å².